The van der Waals surface area contributed by atoms with Crippen LogP contribution in [0, 0.1) is 5.92 Å². The number of amides is 3. The van der Waals surface area contributed by atoms with Gasteiger partial charge in [-0.3, -0.25) is 14.4 Å². The van der Waals surface area contributed by atoms with E-state index in [-0.39, 0.29) is 23.6 Å². The summed E-state index contributed by atoms with van der Waals surface area (Å²) in [6, 6.07) is 0.343. The summed E-state index contributed by atoms with van der Waals surface area (Å²) in [5.74, 6) is 0.213. The smallest absolute Gasteiger partial charge is 0.228 e. The molecule has 2 heterocycles. The quantitative estimate of drug-likeness (QED) is 0.710. The lowest BCUT2D eigenvalue weighted by atomic mass is 9.94. The van der Waals surface area contributed by atoms with Crippen molar-refractivity contribution in [2.24, 2.45) is 5.92 Å². The molecular formula is C20H34N4O3. The van der Waals surface area contributed by atoms with Crippen LogP contribution in [0.2, 0.25) is 0 Å². The highest BCUT2D eigenvalue weighted by molar-refractivity contribution is 5.89. The molecule has 0 spiro atoms. The summed E-state index contributed by atoms with van der Waals surface area (Å²) in [6.45, 7) is 3.71. The van der Waals surface area contributed by atoms with E-state index in [0.29, 0.717) is 51.6 Å². The van der Waals surface area contributed by atoms with Gasteiger partial charge < -0.3 is 19.6 Å². The molecule has 7 nitrogen and oxygen atoms in total. The molecule has 3 amide bonds. The first-order chi connectivity index (χ1) is 13.0. The van der Waals surface area contributed by atoms with E-state index in [0.717, 1.165) is 19.4 Å². The summed E-state index contributed by atoms with van der Waals surface area (Å²) in [5.41, 5.74) is 0. The summed E-state index contributed by atoms with van der Waals surface area (Å²) in [6.07, 6.45) is 6.69. The predicted octanol–water partition coefficient (Wildman–Crippen LogP) is 0.790. The molecule has 2 aliphatic heterocycles. The Balaban J connectivity index is 1.46. The van der Waals surface area contributed by atoms with Crippen LogP contribution in [0.3, 0.4) is 0 Å². The number of piperazine rings is 1. The fraction of sp³-hybridized carbons (Fsp3) is 0.850. The van der Waals surface area contributed by atoms with Crippen LogP contribution in [0.1, 0.15) is 44.9 Å². The molecule has 1 saturated carbocycles. The maximum atomic E-state index is 12.9. The molecule has 7 heteroatoms. The van der Waals surface area contributed by atoms with Gasteiger partial charge in [0, 0.05) is 58.2 Å². The number of carbonyl (C=O) groups excluding carboxylic acids is 3. The van der Waals surface area contributed by atoms with Gasteiger partial charge in [-0.1, -0.05) is 19.3 Å². The Morgan fingerprint density at radius 1 is 1.00 bits per heavy atom. The Morgan fingerprint density at radius 2 is 1.63 bits per heavy atom. The average molecular weight is 379 g/mol. The van der Waals surface area contributed by atoms with Crippen LogP contribution < -0.4 is 0 Å². The third kappa shape index (κ3) is 5.00. The minimum absolute atomic E-state index is 0.0991. The van der Waals surface area contributed by atoms with Gasteiger partial charge >= 0.3 is 0 Å². The van der Waals surface area contributed by atoms with Crippen molar-refractivity contribution >= 4 is 17.7 Å². The van der Waals surface area contributed by atoms with E-state index in [1.807, 2.05) is 33.7 Å². The van der Waals surface area contributed by atoms with Crippen LogP contribution in [-0.4, -0.2) is 96.7 Å². The van der Waals surface area contributed by atoms with Crippen LogP contribution in [-0.2, 0) is 14.4 Å². The van der Waals surface area contributed by atoms with Crippen molar-refractivity contribution in [3.63, 3.8) is 0 Å². The van der Waals surface area contributed by atoms with Gasteiger partial charge in [0.25, 0.3) is 0 Å². The van der Waals surface area contributed by atoms with Gasteiger partial charge in [-0.15, -0.1) is 0 Å². The number of likely N-dealkylation sites (tertiary alicyclic amines) is 1. The molecule has 152 valence electrons. The van der Waals surface area contributed by atoms with Crippen molar-refractivity contribution < 1.29 is 14.4 Å². The van der Waals surface area contributed by atoms with Crippen LogP contribution in [0.4, 0.5) is 0 Å². The van der Waals surface area contributed by atoms with Crippen LogP contribution in [0.15, 0.2) is 0 Å². The molecule has 27 heavy (non-hydrogen) atoms. The first kappa shape index (κ1) is 20.1. The maximum Gasteiger partial charge on any atom is 0.228 e. The number of hydrogen-bond acceptors (Lipinski definition) is 4. The van der Waals surface area contributed by atoms with Gasteiger partial charge in [0.05, 0.1) is 5.92 Å². The van der Waals surface area contributed by atoms with Crippen molar-refractivity contribution in [3.8, 4) is 0 Å². The summed E-state index contributed by atoms with van der Waals surface area (Å²) < 4.78 is 0. The van der Waals surface area contributed by atoms with E-state index in [1.54, 1.807) is 0 Å². The van der Waals surface area contributed by atoms with Crippen molar-refractivity contribution in [2.75, 3.05) is 53.4 Å². The lowest BCUT2D eigenvalue weighted by molar-refractivity contribution is -0.142. The molecule has 1 aliphatic carbocycles. The Bertz CT molecular complexity index is 551. The van der Waals surface area contributed by atoms with Gasteiger partial charge in [-0.25, -0.2) is 0 Å². The lowest BCUT2D eigenvalue weighted by Gasteiger charge is -2.36. The molecule has 3 rings (SSSR count). The molecule has 2 saturated heterocycles. The zero-order chi connectivity index (χ0) is 19.4. The van der Waals surface area contributed by atoms with Gasteiger partial charge in [-0.2, -0.15) is 0 Å². The zero-order valence-corrected chi connectivity index (χ0v) is 16.9. The second-order valence-electron chi connectivity index (χ2n) is 8.50. The number of nitrogens with zero attached hydrogens (tertiary/aromatic N) is 4. The van der Waals surface area contributed by atoms with E-state index in [1.165, 1.54) is 19.3 Å². The summed E-state index contributed by atoms with van der Waals surface area (Å²) in [4.78, 5) is 45.3. The molecule has 0 N–H and O–H groups in total. The minimum atomic E-state index is -0.199. The summed E-state index contributed by atoms with van der Waals surface area (Å²) >= 11 is 0. The first-order valence-corrected chi connectivity index (χ1v) is 10.5. The van der Waals surface area contributed by atoms with Crippen LogP contribution in [0.25, 0.3) is 0 Å². The second kappa shape index (κ2) is 9.04. The van der Waals surface area contributed by atoms with Crippen LogP contribution >= 0.6 is 0 Å². The topological polar surface area (TPSA) is 64.2 Å². The van der Waals surface area contributed by atoms with Crippen molar-refractivity contribution in [2.45, 2.75) is 51.0 Å². The van der Waals surface area contributed by atoms with E-state index in [9.17, 15) is 14.4 Å². The molecule has 0 bridgehead atoms. The number of hydrogen-bond donors (Lipinski definition) is 0. The lowest BCUT2D eigenvalue weighted by Crippen LogP contribution is -2.52. The van der Waals surface area contributed by atoms with Crippen molar-refractivity contribution in [3.05, 3.63) is 0 Å². The van der Waals surface area contributed by atoms with Crippen LogP contribution in [0.5, 0.6) is 0 Å². The molecule has 0 aromatic heterocycles. The molecule has 0 aromatic rings. The largest absolute Gasteiger partial charge is 0.339 e. The third-order valence-electron chi connectivity index (χ3n) is 6.24. The SMILES string of the molecule is CN(C)CCC(=O)N1CCN(C(=O)C2CC(=O)N(C3CCCCC3)C2)CC1. The van der Waals surface area contributed by atoms with E-state index >= 15 is 0 Å². The Hall–Kier alpha value is -1.63. The fourth-order valence-corrected chi connectivity index (χ4v) is 4.55. The highest BCUT2D eigenvalue weighted by atomic mass is 16.2. The monoisotopic (exact) mass is 378 g/mol. The summed E-state index contributed by atoms with van der Waals surface area (Å²) in [7, 11) is 3.92. The van der Waals surface area contributed by atoms with Gasteiger partial charge in [0.2, 0.25) is 17.7 Å². The minimum Gasteiger partial charge on any atom is -0.339 e. The van der Waals surface area contributed by atoms with E-state index in [2.05, 4.69) is 0 Å². The summed E-state index contributed by atoms with van der Waals surface area (Å²) in [5, 5.41) is 0. The molecule has 3 fully saturated rings. The third-order valence-corrected chi connectivity index (χ3v) is 6.24. The molecule has 0 radical (unpaired) electrons. The Labute approximate surface area is 162 Å². The fourth-order valence-electron chi connectivity index (χ4n) is 4.55. The normalized spacial score (nSPS) is 24.8. The van der Waals surface area contributed by atoms with Gasteiger partial charge in [0.15, 0.2) is 0 Å². The number of rotatable bonds is 5. The van der Waals surface area contributed by atoms with E-state index in [4.69, 9.17) is 0 Å². The molecule has 0 aromatic carbocycles. The van der Waals surface area contributed by atoms with Gasteiger partial charge in [0.1, 0.15) is 0 Å². The molecular weight excluding hydrogens is 344 g/mol. The predicted molar refractivity (Wildman–Crippen MR) is 103 cm³/mol. The molecule has 1 unspecified atom stereocenters. The maximum absolute atomic E-state index is 12.9. The highest BCUT2D eigenvalue weighted by Gasteiger charge is 2.40. The van der Waals surface area contributed by atoms with Gasteiger partial charge in [-0.05, 0) is 26.9 Å². The Morgan fingerprint density at radius 3 is 2.26 bits per heavy atom. The molecule has 3 aliphatic rings. The average Bonchev–Trinajstić information content (AvgIpc) is 3.08. The highest BCUT2D eigenvalue weighted by Crippen LogP contribution is 2.29. The second-order valence-corrected chi connectivity index (χ2v) is 8.50. The van der Waals surface area contributed by atoms with Crippen molar-refractivity contribution in [1.29, 1.82) is 0 Å². The standard InChI is InChI=1S/C20H34N4O3/c1-21(2)9-8-18(25)22-10-12-23(13-11-22)20(27)16-14-19(26)24(15-16)17-6-4-3-5-7-17/h16-17H,3-15H2,1-2H3. The zero-order valence-electron chi connectivity index (χ0n) is 16.9. The number of carbonyl (C=O) groups is 3. The van der Waals surface area contributed by atoms with Crippen molar-refractivity contribution in [1.82, 2.24) is 19.6 Å². The Kier molecular flexibility index (Phi) is 6.73. The van der Waals surface area contributed by atoms with E-state index < -0.39 is 0 Å². The first-order valence-electron chi connectivity index (χ1n) is 10.5. The molecule has 1 atom stereocenters.